The summed E-state index contributed by atoms with van der Waals surface area (Å²) in [5, 5.41) is 2.91. The van der Waals surface area contributed by atoms with Crippen LogP contribution in [0.2, 0.25) is 0 Å². The van der Waals surface area contributed by atoms with Gasteiger partial charge in [0.15, 0.2) is 0 Å². The molecule has 1 N–H and O–H groups in total. The van der Waals surface area contributed by atoms with Crippen molar-refractivity contribution in [1.82, 2.24) is 10.2 Å². The third-order valence-electron chi connectivity index (χ3n) is 3.58. The number of hydrogen-bond donors (Lipinski definition) is 1. The number of amides is 2. The highest BCUT2D eigenvalue weighted by Gasteiger charge is 2.18. The zero-order valence-corrected chi connectivity index (χ0v) is 12.0. The van der Waals surface area contributed by atoms with E-state index in [0.29, 0.717) is 19.4 Å². The quantitative estimate of drug-likeness (QED) is 0.802. The van der Waals surface area contributed by atoms with E-state index in [9.17, 15) is 9.59 Å². The van der Waals surface area contributed by atoms with E-state index in [-0.39, 0.29) is 11.8 Å². The SMILES string of the molecule is Cc1ccc(CC(=O)NCCCN2CCCC2=O)cc1. The fourth-order valence-electron chi connectivity index (χ4n) is 2.39. The molecule has 0 unspecified atom stereocenters. The molecule has 20 heavy (non-hydrogen) atoms. The lowest BCUT2D eigenvalue weighted by Gasteiger charge is -2.15. The smallest absolute Gasteiger partial charge is 0.224 e. The second kappa shape index (κ2) is 7.08. The molecule has 0 radical (unpaired) electrons. The average molecular weight is 274 g/mol. The maximum absolute atomic E-state index is 11.8. The molecule has 2 amide bonds. The van der Waals surface area contributed by atoms with Gasteiger partial charge >= 0.3 is 0 Å². The third-order valence-corrected chi connectivity index (χ3v) is 3.58. The molecule has 2 rings (SSSR count). The van der Waals surface area contributed by atoms with Crippen LogP contribution in [0, 0.1) is 6.92 Å². The lowest BCUT2D eigenvalue weighted by atomic mass is 10.1. The summed E-state index contributed by atoms with van der Waals surface area (Å²) < 4.78 is 0. The van der Waals surface area contributed by atoms with E-state index in [2.05, 4.69) is 5.32 Å². The van der Waals surface area contributed by atoms with Gasteiger partial charge in [0.1, 0.15) is 0 Å². The van der Waals surface area contributed by atoms with Gasteiger partial charge in [0.25, 0.3) is 0 Å². The Morgan fingerprint density at radius 3 is 2.70 bits per heavy atom. The van der Waals surface area contributed by atoms with Gasteiger partial charge in [-0.25, -0.2) is 0 Å². The average Bonchev–Trinajstić information content (AvgIpc) is 2.83. The number of carbonyl (C=O) groups excluding carboxylic acids is 2. The molecule has 108 valence electrons. The fourth-order valence-corrected chi connectivity index (χ4v) is 2.39. The molecule has 0 atom stereocenters. The molecule has 1 aliphatic heterocycles. The molecule has 4 heteroatoms. The van der Waals surface area contributed by atoms with Crippen LogP contribution in [0.5, 0.6) is 0 Å². The van der Waals surface area contributed by atoms with Crippen LogP contribution in [0.15, 0.2) is 24.3 Å². The Labute approximate surface area is 120 Å². The zero-order valence-electron chi connectivity index (χ0n) is 12.0. The predicted octanol–water partition coefficient (Wildman–Crippen LogP) is 1.67. The van der Waals surface area contributed by atoms with Crippen LogP contribution < -0.4 is 5.32 Å². The van der Waals surface area contributed by atoms with Crippen molar-refractivity contribution in [1.29, 1.82) is 0 Å². The number of hydrogen-bond acceptors (Lipinski definition) is 2. The minimum atomic E-state index is 0.0431. The zero-order chi connectivity index (χ0) is 14.4. The Balaban J connectivity index is 1.62. The first-order valence-corrected chi connectivity index (χ1v) is 7.25. The maximum atomic E-state index is 11.8. The molecule has 1 fully saturated rings. The molecule has 0 aliphatic carbocycles. The van der Waals surface area contributed by atoms with Crippen molar-refractivity contribution >= 4 is 11.8 Å². The Morgan fingerprint density at radius 2 is 2.05 bits per heavy atom. The van der Waals surface area contributed by atoms with Crippen molar-refractivity contribution in [2.45, 2.75) is 32.6 Å². The Hall–Kier alpha value is -1.84. The number of aryl methyl sites for hydroxylation is 1. The monoisotopic (exact) mass is 274 g/mol. The van der Waals surface area contributed by atoms with Gasteiger partial charge < -0.3 is 10.2 Å². The predicted molar refractivity (Wildman–Crippen MR) is 78.3 cm³/mol. The molecule has 4 nitrogen and oxygen atoms in total. The summed E-state index contributed by atoms with van der Waals surface area (Å²) in [4.78, 5) is 25.1. The van der Waals surface area contributed by atoms with Crippen molar-refractivity contribution in [2.75, 3.05) is 19.6 Å². The standard InChI is InChI=1S/C16H22N2O2/c1-13-5-7-14(8-6-13)12-15(19)17-9-3-11-18-10-2-4-16(18)20/h5-8H,2-4,9-12H2,1H3,(H,17,19). The molecule has 0 saturated carbocycles. The van der Waals surface area contributed by atoms with Crippen molar-refractivity contribution in [3.63, 3.8) is 0 Å². The van der Waals surface area contributed by atoms with Crippen LogP contribution in [0.25, 0.3) is 0 Å². The van der Waals surface area contributed by atoms with Crippen LogP contribution in [-0.4, -0.2) is 36.3 Å². The van der Waals surface area contributed by atoms with Crippen LogP contribution in [0.4, 0.5) is 0 Å². The molecule has 1 saturated heterocycles. The number of nitrogens with zero attached hydrogens (tertiary/aromatic N) is 1. The molecule has 0 aromatic heterocycles. The van der Waals surface area contributed by atoms with E-state index in [4.69, 9.17) is 0 Å². The summed E-state index contributed by atoms with van der Waals surface area (Å²) in [7, 11) is 0. The molecule has 0 bridgehead atoms. The Kier molecular flexibility index (Phi) is 5.16. The van der Waals surface area contributed by atoms with Crippen molar-refractivity contribution in [3.05, 3.63) is 35.4 Å². The maximum Gasteiger partial charge on any atom is 0.224 e. The van der Waals surface area contributed by atoms with E-state index in [0.717, 1.165) is 31.5 Å². The molecule has 1 aromatic rings. The van der Waals surface area contributed by atoms with E-state index < -0.39 is 0 Å². The molecular weight excluding hydrogens is 252 g/mol. The molecular formula is C16H22N2O2. The van der Waals surface area contributed by atoms with E-state index in [1.807, 2.05) is 36.1 Å². The van der Waals surface area contributed by atoms with Gasteiger partial charge in [0.2, 0.25) is 11.8 Å². The van der Waals surface area contributed by atoms with Crippen molar-refractivity contribution in [2.24, 2.45) is 0 Å². The second-order valence-corrected chi connectivity index (χ2v) is 5.35. The van der Waals surface area contributed by atoms with Gasteiger partial charge in [-0.2, -0.15) is 0 Å². The first-order chi connectivity index (χ1) is 9.65. The first-order valence-electron chi connectivity index (χ1n) is 7.25. The lowest BCUT2D eigenvalue weighted by Crippen LogP contribution is -2.31. The number of likely N-dealkylation sites (tertiary alicyclic amines) is 1. The summed E-state index contributed by atoms with van der Waals surface area (Å²) >= 11 is 0. The lowest BCUT2D eigenvalue weighted by molar-refractivity contribution is -0.127. The topological polar surface area (TPSA) is 49.4 Å². The van der Waals surface area contributed by atoms with Crippen LogP contribution >= 0.6 is 0 Å². The Morgan fingerprint density at radius 1 is 1.30 bits per heavy atom. The number of benzene rings is 1. The van der Waals surface area contributed by atoms with E-state index in [1.165, 1.54) is 5.56 Å². The number of nitrogens with one attached hydrogen (secondary N) is 1. The van der Waals surface area contributed by atoms with Gasteiger partial charge in [-0.1, -0.05) is 29.8 Å². The summed E-state index contributed by atoms with van der Waals surface area (Å²) in [5.41, 5.74) is 2.23. The first kappa shape index (κ1) is 14.6. The number of rotatable bonds is 6. The van der Waals surface area contributed by atoms with E-state index in [1.54, 1.807) is 0 Å². The van der Waals surface area contributed by atoms with Crippen LogP contribution in [-0.2, 0) is 16.0 Å². The molecule has 1 aliphatic rings. The highest BCUT2D eigenvalue weighted by molar-refractivity contribution is 5.79. The fraction of sp³-hybridized carbons (Fsp3) is 0.500. The van der Waals surface area contributed by atoms with Gasteiger partial charge in [0.05, 0.1) is 6.42 Å². The van der Waals surface area contributed by atoms with Crippen molar-refractivity contribution in [3.8, 4) is 0 Å². The highest BCUT2D eigenvalue weighted by Crippen LogP contribution is 2.09. The minimum Gasteiger partial charge on any atom is -0.356 e. The van der Waals surface area contributed by atoms with Gasteiger partial charge in [-0.05, 0) is 25.3 Å². The van der Waals surface area contributed by atoms with Gasteiger partial charge in [-0.15, -0.1) is 0 Å². The minimum absolute atomic E-state index is 0.0431. The summed E-state index contributed by atoms with van der Waals surface area (Å²) in [6.45, 7) is 4.29. The summed E-state index contributed by atoms with van der Waals surface area (Å²) in [6.07, 6.45) is 2.90. The second-order valence-electron chi connectivity index (χ2n) is 5.35. The summed E-state index contributed by atoms with van der Waals surface area (Å²) in [5.74, 6) is 0.289. The van der Waals surface area contributed by atoms with Crippen molar-refractivity contribution < 1.29 is 9.59 Å². The highest BCUT2D eigenvalue weighted by atomic mass is 16.2. The normalized spacial score (nSPS) is 14.7. The summed E-state index contributed by atoms with van der Waals surface area (Å²) in [6, 6.07) is 8.00. The Bertz CT molecular complexity index is 468. The molecule has 1 heterocycles. The molecule has 1 aromatic carbocycles. The van der Waals surface area contributed by atoms with Crippen LogP contribution in [0.3, 0.4) is 0 Å². The van der Waals surface area contributed by atoms with Gasteiger partial charge in [0, 0.05) is 26.1 Å². The third kappa shape index (κ3) is 4.37. The number of carbonyl (C=O) groups is 2. The van der Waals surface area contributed by atoms with Crippen LogP contribution in [0.1, 0.15) is 30.4 Å². The largest absolute Gasteiger partial charge is 0.356 e. The van der Waals surface area contributed by atoms with E-state index >= 15 is 0 Å². The van der Waals surface area contributed by atoms with Gasteiger partial charge in [-0.3, -0.25) is 9.59 Å². The molecule has 0 spiro atoms.